The van der Waals surface area contributed by atoms with Crippen molar-refractivity contribution in [2.45, 2.75) is 32.9 Å². The van der Waals surface area contributed by atoms with Crippen LogP contribution in [0.4, 0.5) is 16.3 Å². The molecule has 2 aromatic rings. The number of rotatable bonds is 4. The minimum atomic E-state index is -0.528. The van der Waals surface area contributed by atoms with Crippen LogP contribution in [0.15, 0.2) is 34.2 Å². The number of nitrogens with one attached hydrogen (secondary N) is 2. The summed E-state index contributed by atoms with van der Waals surface area (Å²) in [5, 5.41) is 7.91. The van der Waals surface area contributed by atoms with E-state index in [4.69, 9.17) is 4.74 Å². The number of ether oxygens (including phenoxy) is 1. The second-order valence-corrected chi connectivity index (χ2v) is 7.46. The lowest BCUT2D eigenvalue weighted by atomic mass is 10.2. The highest BCUT2D eigenvalue weighted by Gasteiger charge is 2.16. The van der Waals surface area contributed by atoms with E-state index in [-0.39, 0.29) is 0 Å². The lowest BCUT2D eigenvalue weighted by Gasteiger charge is -2.19. The van der Waals surface area contributed by atoms with Crippen LogP contribution in [0.25, 0.3) is 0 Å². The third-order valence-electron chi connectivity index (χ3n) is 2.54. The van der Waals surface area contributed by atoms with Gasteiger partial charge in [-0.3, -0.25) is 5.32 Å². The van der Waals surface area contributed by atoms with Crippen molar-refractivity contribution >= 4 is 44.9 Å². The summed E-state index contributed by atoms with van der Waals surface area (Å²) < 4.78 is 6.27. The second-order valence-electron chi connectivity index (χ2n) is 5.60. The van der Waals surface area contributed by atoms with Gasteiger partial charge in [0.25, 0.3) is 0 Å². The number of amides is 1. The van der Waals surface area contributed by atoms with Crippen molar-refractivity contribution in [3.8, 4) is 0 Å². The summed E-state index contributed by atoms with van der Waals surface area (Å²) in [6, 6.07) is 5.62. The normalized spacial score (nSPS) is 11.1. The molecule has 0 bridgehead atoms. The Kier molecular flexibility index (Phi) is 5.42. The van der Waals surface area contributed by atoms with Gasteiger partial charge in [-0.25, -0.2) is 9.78 Å². The van der Waals surface area contributed by atoms with Gasteiger partial charge >= 0.3 is 6.09 Å². The molecule has 0 unspecified atom stereocenters. The fourth-order valence-corrected chi connectivity index (χ4v) is 3.05. The predicted molar refractivity (Wildman–Crippen MR) is 93.4 cm³/mol. The average molecular weight is 384 g/mol. The molecular formula is C15H18BrN3O2S. The van der Waals surface area contributed by atoms with Crippen molar-refractivity contribution in [2.24, 2.45) is 0 Å². The maximum absolute atomic E-state index is 11.6. The summed E-state index contributed by atoms with van der Waals surface area (Å²) in [6.07, 6.45) is 1.16. The number of pyridine rings is 1. The molecule has 2 aromatic heterocycles. The number of anilines is 2. The largest absolute Gasteiger partial charge is 0.444 e. The molecule has 2 rings (SSSR count). The van der Waals surface area contributed by atoms with E-state index in [0.29, 0.717) is 5.82 Å². The van der Waals surface area contributed by atoms with E-state index in [0.717, 1.165) is 16.7 Å². The second kappa shape index (κ2) is 7.11. The quantitative estimate of drug-likeness (QED) is 0.790. The van der Waals surface area contributed by atoms with Gasteiger partial charge in [0.05, 0.1) is 18.4 Å². The monoisotopic (exact) mass is 383 g/mol. The van der Waals surface area contributed by atoms with Gasteiger partial charge in [-0.2, -0.15) is 0 Å². The third kappa shape index (κ3) is 5.31. The van der Waals surface area contributed by atoms with Crippen molar-refractivity contribution < 1.29 is 9.53 Å². The lowest BCUT2D eigenvalue weighted by Crippen LogP contribution is -2.27. The Hall–Kier alpha value is -1.60. The van der Waals surface area contributed by atoms with Crippen LogP contribution in [0.1, 0.15) is 25.6 Å². The number of carbonyl (C=O) groups excluding carboxylic acids is 1. The Morgan fingerprint density at radius 3 is 2.68 bits per heavy atom. The highest BCUT2D eigenvalue weighted by Crippen LogP contribution is 2.23. The van der Waals surface area contributed by atoms with E-state index in [9.17, 15) is 4.79 Å². The van der Waals surface area contributed by atoms with Crippen LogP contribution < -0.4 is 10.6 Å². The van der Waals surface area contributed by atoms with Gasteiger partial charge in [-0.05, 0) is 60.3 Å². The molecule has 5 nitrogen and oxygen atoms in total. The summed E-state index contributed by atoms with van der Waals surface area (Å²) in [5.41, 5.74) is 0.356. The number of carbonyl (C=O) groups is 1. The molecule has 0 radical (unpaired) electrons. The maximum atomic E-state index is 11.6. The van der Waals surface area contributed by atoms with E-state index in [1.165, 1.54) is 4.88 Å². The number of nitrogens with zero attached hydrogens (tertiary/aromatic N) is 1. The molecule has 7 heteroatoms. The smallest absolute Gasteiger partial charge is 0.413 e. The first-order chi connectivity index (χ1) is 10.3. The fraction of sp³-hybridized carbons (Fsp3) is 0.333. The summed E-state index contributed by atoms with van der Waals surface area (Å²) in [7, 11) is 0. The topological polar surface area (TPSA) is 63.2 Å². The molecule has 0 spiro atoms. The van der Waals surface area contributed by atoms with Crippen molar-refractivity contribution in [1.82, 2.24) is 4.98 Å². The maximum Gasteiger partial charge on any atom is 0.413 e. The van der Waals surface area contributed by atoms with E-state index >= 15 is 0 Å². The van der Waals surface area contributed by atoms with Gasteiger partial charge in [-0.1, -0.05) is 0 Å². The number of thiophene rings is 1. The molecule has 0 aliphatic heterocycles. The Balaban J connectivity index is 1.87. The minimum absolute atomic E-state index is 0.456. The molecule has 0 fully saturated rings. The first-order valence-corrected chi connectivity index (χ1v) is 8.42. The Morgan fingerprint density at radius 1 is 1.36 bits per heavy atom. The average Bonchev–Trinajstić information content (AvgIpc) is 2.81. The molecule has 0 aromatic carbocycles. The van der Waals surface area contributed by atoms with Crippen LogP contribution in [0.3, 0.4) is 0 Å². The van der Waals surface area contributed by atoms with E-state index < -0.39 is 11.7 Å². The van der Waals surface area contributed by atoms with E-state index in [1.807, 2.05) is 38.3 Å². The van der Waals surface area contributed by atoms with Gasteiger partial charge in [-0.15, -0.1) is 11.3 Å². The summed E-state index contributed by atoms with van der Waals surface area (Å²) in [5.74, 6) is 0.456. The standard InChI is InChI=1S/C15H18BrN3O2S/c1-15(2,3)21-14(20)19-13-5-4-10(8-18-13)17-9-12-11(16)6-7-22-12/h4-8,17H,9H2,1-3H3,(H,18,19,20). The van der Waals surface area contributed by atoms with Crippen LogP contribution >= 0.6 is 27.3 Å². The van der Waals surface area contributed by atoms with Crippen molar-refractivity contribution in [3.63, 3.8) is 0 Å². The zero-order chi connectivity index (χ0) is 16.2. The number of halogens is 1. The Labute approximate surface area is 142 Å². The van der Waals surface area contributed by atoms with E-state index in [1.54, 1.807) is 23.6 Å². The molecule has 0 saturated heterocycles. The van der Waals surface area contributed by atoms with Crippen LogP contribution in [0, 0.1) is 0 Å². The van der Waals surface area contributed by atoms with Crippen molar-refractivity contribution in [1.29, 1.82) is 0 Å². The van der Waals surface area contributed by atoms with Crippen LogP contribution in [0.5, 0.6) is 0 Å². The molecular weight excluding hydrogens is 366 g/mol. The van der Waals surface area contributed by atoms with Gasteiger partial charge in [0, 0.05) is 9.35 Å². The van der Waals surface area contributed by atoms with Crippen molar-refractivity contribution in [3.05, 3.63) is 39.1 Å². The third-order valence-corrected chi connectivity index (χ3v) is 4.46. The zero-order valence-electron chi connectivity index (χ0n) is 12.6. The number of hydrogen-bond acceptors (Lipinski definition) is 5. The van der Waals surface area contributed by atoms with Crippen molar-refractivity contribution in [2.75, 3.05) is 10.6 Å². The highest BCUT2D eigenvalue weighted by atomic mass is 79.9. The zero-order valence-corrected chi connectivity index (χ0v) is 15.0. The van der Waals surface area contributed by atoms with Gasteiger partial charge < -0.3 is 10.1 Å². The fourth-order valence-electron chi connectivity index (χ4n) is 1.61. The van der Waals surface area contributed by atoms with Crippen LogP contribution in [-0.4, -0.2) is 16.7 Å². The summed E-state index contributed by atoms with van der Waals surface area (Å²) in [6.45, 7) is 6.17. The molecule has 0 aliphatic carbocycles. The summed E-state index contributed by atoms with van der Waals surface area (Å²) in [4.78, 5) is 17.0. The molecule has 2 heterocycles. The summed E-state index contributed by atoms with van der Waals surface area (Å²) >= 11 is 5.18. The van der Waals surface area contributed by atoms with E-state index in [2.05, 4.69) is 31.5 Å². The lowest BCUT2D eigenvalue weighted by molar-refractivity contribution is 0.0635. The first kappa shape index (κ1) is 16.8. The SMILES string of the molecule is CC(C)(C)OC(=O)Nc1ccc(NCc2sccc2Br)cn1. The number of hydrogen-bond donors (Lipinski definition) is 2. The van der Waals surface area contributed by atoms with Crippen LogP contribution in [-0.2, 0) is 11.3 Å². The minimum Gasteiger partial charge on any atom is -0.444 e. The van der Waals surface area contributed by atoms with Gasteiger partial charge in [0.15, 0.2) is 0 Å². The molecule has 0 aliphatic rings. The molecule has 1 amide bonds. The number of aromatic nitrogens is 1. The van der Waals surface area contributed by atoms with Gasteiger partial charge in [0.2, 0.25) is 0 Å². The van der Waals surface area contributed by atoms with Crippen LogP contribution in [0.2, 0.25) is 0 Å². The molecule has 0 saturated carbocycles. The first-order valence-electron chi connectivity index (χ1n) is 6.75. The molecule has 22 heavy (non-hydrogen) atoms. The highest BCUT2D eigenvalue weighted by molar-refractivity contribution is 9.10. The molecule has 0 atom stereocenters. The Morgan fingerprint density at radius 2 is 2.14 bits per heavy atom. The molecule has 2 N–H and O–H groups in total. The molecule has 118 valence electrons. The van der Waals surface area contributed by atoms with Gasteiger partial charge in [0.1, 0.15) is 11.4 Å². The predicted octanol–water partition coefficient (Wildman–Crippen LogP) is 4.86. The Bertz CT molecular complexity index is 635.